The van der Waals surface area contributed by atoms with Crippen LogP contribution in [-0.4, -0.2) is 23.3 Å². The van der Waals surface area contributed by atoms with Crippen LogP contribution in [0.25, 0.3) is 0 Å². The maximum absolute atomic E-state index is 10.9. The molecule has 0 unspecified atom stereocenters. The highest BCUT2D eigenvalue weighted by Gasteiger charge is 2.15. The van der Waals surface area contributed by atoms with Gasteiger partial charge in [0.1, 0.15) is 6.61 Å². The number of ether oxygens (including phenoxy) is 2. The van der Waals surface area contributed by atoms with Gasteiger partial charge in [0, 0.05) is 6.07 Å². The monoisotopic (exact) mass is 327 g/mol. The van der Waals surface area contributed by atoms with E-state index in [9.17, 15) is 4.79 Å². The fourth-order valence-electron chi connectivity index (χ4n) is 1.44. The standard InChI is InChI=1S/C12H10BrNO5/c1-17-10-5-7(12(15)16)4-9(13)11(10)18-6-8-2-3-14-19-8/h2-5H,6H2,1H3,(H,15,16). The first-order valence-electron chi connectivity index (χ1n) is 5.25. The normalized spacial score (nSPS) is 10.2. The molecule has 6 nitrogen and oxygen atoms in total. The minimum Gasteiger partial charge on any atom is -0.493 e. The lowest BCUT2D eigenvalue weighted by Crippen LogP contribution is -2.01. The molecule has 0 radical (unpaired) electrons. The Balaban J connectivity index is 2.26. The average molecular weight is 328 g/mol. The van der Waals surface area contributed by atoms with Crippen LogP contribution in [0, 0.1) is 0 Å². The first kappa shape index (κ1) is 13.4. The zero-order valence-electron chi connectivity index (χ0n) is 9.92. The lowest BCUT2D eigenvalue weighted by molar-refractivity contribution is 0.0696. The van der Waals surface area contributed by atoms with Crippen molar-refractivity contribution in [1.29, 1.82) is 0 Å². The fraction of sp³-hybridized carbons (Fsp3) is 0.167. The predicted octanol–water partition coefficient (Wildman–Crippen LogP) is 2.72. The Labute approximate surface area is 117 Å². The van der Waals surface area contributed by atoms with Gasteiger partial charge in [0.2, 0.25) is 0 Å². The Morgan fingerprint density at radius 2 is 2.32 bits per heavy atom. The lowest BCUT2D eigenvalue weighted by Gasteiger charge is -2.12. The van der Waals surface area contributed by atoms with E-state index in [0.29, 0.717) is 21.7 Å². The van der Waals surface area contributed by atoms with Crippen molar-refractivity contribution in [2.24, 2.45) is 0 Å². The molecule has 1 aromatic carbocycles. The first-order chi connectivity index (χ1) is 9.11. The van der Waals surface area contributed by atoms with Crippen LogP contribution >= 0.6 is 15.9 Å². The molecular formula is C12H10BrNO5. The summed E-state index contributed by atoms with van der Waals surface area (Å²) < 4.78 is 16.1. The summed E-state index contributed by atoms with van der Waals surface area (Å²) in [6.45, 7) is 0.168. The van der Waals surface area contributed by atoms with E-state index in [1.54, 1.807) is 6.07 Å². The highest BCUT2D eigenvalue weighted by atomic mass is 79.9. The SMILES string of the molecule is COc1cc(C(=O)O)cc(Br)c1OCc1ccno1. The number of benzene rings is 1. The number of aromatic carboxylic acids is 1. The number of nitrogens with zero attached hydrogens (tertiary/aromatic N) is 1. The highest BCUT2D eigenvalue weighted by Crippen LogP contribution is 2.37. The van der Waals surface area contributed by atoms with Crippen molar-refractivity contribution in [3.8, 4) is 11.5 Å². The number of hydrogen-bond acceptors (Lipinski definition) is 5. The first-order valence-corrected chi connectivity index (χ1v) is 6.04. The van der Waals surface area contributed by atoms with Gasteiger partial charge in [-0.05, 0) is 28.1 Å². The van der Waals surface area contributed by atoms with E-state index in [1.165, 1.54) is 25.4 Å². The third-order valence-electron chi connectivity index (χ3n) is 2.33. The van der Waals surface area contributed by atoms with Crippen LogP contribution in [0.1, 0.15) is 16.1 Å². The highest BCUT2D eigenvalue weighted by molar-refractivity contribution is 9.10. The number of methoxy groups -OCH3 is 1. The molecule has 0 aliphatic carbocycles. The molecule has 0 fully saturated rings. The fourth-order valence-corrected chi connectivity index (χ4v) is 2.00. The van der Waals surface area contributed by atoms with Crippen molar-refractivity contribution in [3.63, 3.8) is 0 Å². The summed E-state index contributed by atoms with van der Waals surface area (Å²) in [5.74, 6) is 0.243. The summed E-state index contributed by atoms with van der Waals surface area (Å²) in [4.78, 5) is 10.9. The zero-order chi connectivity index (χ0) is 13.8. The van der Waals surface area contributed by atoms with Gasteiger partial charge in [0.15, 0.2) is 17.3 Å². The number of hydrogen-bond donors (Lipinski definition) is 1. The minimum absolute atomic E-state index is 0.107. The van der Waals surface area contributed by atoms with Crippen LogP contribution in [-0.2, 0) is 6.61 Å². The molecule has 19 heavy (non-hydrogen) atoms. The number of aromatic nitrogens is 1. The Morgan fingerprint density at radius 1 is 1.53 bits per heavy atom. The van der Waals surface area contributed by atoms with Gasteiger partial charge in [-0.3, -0.25) is 0 Å². The molecule has 0 amide bonds. The molecule has 2 rings (SSSR count). The van der Waals surface area contributed by atoms with Crippen LogP contribution in [0.2, 0.25) is 0 Å². The van der Waals surface area contributed by atoms with Gasteiger partial charge in [-0.2, -0.15) is 0 Å². The molecule has 0 saturated heterocycles. The molecule has 0 aliphatic rings. The van der Waals surface area contributed by atoms with Gasteiger partial charge < -0.3 is 19.1 Å². The number of rotatable bonds is 5. The molecular weight excluding hydrogens is 318 g/mol. The molecule has 0 aliphatic heterocycles. The molecule has 0 bridgehead atoms. The van der Waals surface area contributed by atoms with Crippen molar-refractivity contribution >= 4 is 21.9 Å². The largest absolute Gasteiger partial charge is 0.493 e. The average Bonchev–Trinajstić information content (AvgIpc) is 2.89. The summed E-state index contributed by atoms with van der Waals surface area (Å²) in [5, 5.41) is 12.5. The van der Waals surface area contributed by atoms with Crippen LogP contribution in [0.5, 0.6) is 11.5 Å². The molecule has 0 atom stereocenters. The number of halogens is 1. The smallest absolute Gasteiger partial charge is 0.335 e. The Morgan fingerprint density at radius 3 is 2.89 bits per heavy atom. The quantitative estimate of drug-likeness (QED) is 0.909. The van der Waals surface area contributed by atoms with E-state index in [1.807, 2.05) is 0 Å². The second kappa shape index (κ2) is 5.75. The third-order valence-corrected chi connectivity index (χ3v) is 2.92. The van der Waals surface area contributed by atoms with Crippen molar-refractivity contribution < 1.29 is 23.9 Å². The van der Waals surface area contributed by atoms with Crippen LogP contribution in [0.3, 0.4) is 0 Å². The molecule has 100 valence electrons. The predicted molar refractivity (Wildman–Crippen MR) is 68.5 cm³/mol. The van der Waals surface area contributed by atoms with Crippen LogP contribution in [0.15, 0.2) is 33.4 Å². The maximum atomic E-state index is 10.9. The van der Waals surface area contributed by atoms with Gasteiger partial charge in [-0.15, -0.1) is 0 Å². The van der Waals surface area contributed by atoms with E-state index in [-0.39, 0.29) is 12.2 Å². The summed E-state index contributed by atoms with van der Waals surface area (Å²) >= 11 is 3.26. The summed E-state index contributed by atoms with van der Waals surface area (Å²) in [6, 6.07) is 4.51. The molecule has 2 aromatic rings. The second-order valence-electron chi connectivity index (χ2n) is 3.56. The molecule has 7 heteroatoms. The van der Waals surface area contributed by atoms with Gasteiger partial charge in [0.05, 0.1) is 23.3 Å². The van der Waals surface area contributed by atoms with Crippen molar-refractivity contribution in [3.05, 3.63) is 40.2 Å². The number of carboxylic acid groups (broad SMARTS) is 1. The molecule has 0 saturated carbocycles. The van der Waals surface area contributed by atoms with Crippen LogP contribution < -0.4 is 9.47 Å². The molecule has 1 heterocycles. The third kappa shape index (κ3) is 3.05. The lowest BCUT2D eigenvalue weighted by atomic mass is 10.2. The Bertz CT molecular complexity index is 582. The van der Waals surface area contributed by atoms with E-state index in [4.69, 9.17) is 19.1 Å². The van der Waals surface area contributed by atoms with Gasteiger partial charge in [0.25, 0.3) is 0 Å². The molecule has 1 N–H and O–H groups in total. The summed E-state index contributed by atoms with van der Waals surface area (Å²) in [5.41, 5.74) is 0.107. The molecule has 1 aromatic heterocycles. The zero-order valence-corrected chi connectivity index (χ0v) is 11.5. The van der Waals surface area contributed by atoms with Crippen molar-refractivity contribution in [2.45, 2.75) is 6.61 Å². The van der Waals surface area contributed by atoms with E-state index < -0.39 is 5.97 Å². The van der Waals surface area contributed by atoms with Crippen molar-refractivity contribution in [2.75, 3.05) is 7.11 Å². The van der Waals surface area contributed by atoms with Gasteiger partial charge >= 0.3 is 5.97 Å². The number of carbonyl (C=O) groups is 1. The van der Waals surface area contributed by atoms with E-state index in [0.717, 1.165) is 0 Å². The van der Waals surface area contributed by atoms with E-state index >= 15 is 0 Å². The molecule has 0 spiro atoms. The second-order valence-corrected chi connectivity index (χ2v) is 4.42. The minimum atomic E-state index is -1.04. The number of carboxylic acids is 1. The van der Waals surface area contributed by atoms with Crippen molar-refractivity contribution in [1.82, 2.24) is 5.16 Å². The van der Waals surface area contributed by atoms with E-state index in [2.05, 4.69) is 21.1 Å². The maximum Gasteiger partial charge on any atom is 0.335 e. The van der Waals surface area contributed by atoms with Gasteiger partial charge in [-0.1, -0.05) is 5.16 Å². The Hall–Kier alpha value is -2.02. The Kier molecular flexibility index (Phi) is 4.06. The topological polar surface area (TPSA) is 81.8 Å². The van der Waals surface area contributed by atoms with Crippen LogP contribution in [0.4, 0.5) is 0 Å². The summed E-state index contributed by atoms with van der Waals surface area (Å²) in [6.07, 6.45) is 1.51. The van der Waals surface area contributed by atoms with Gasteiger partial charge in [-0.25, -0.2) is 4.79 Å². The summed E-state index contributed by atoms with van der Waals surface area (Å²) in [7, 11) is 1.44.